The maximum Gasteiger partial charge on any atom is 0.338 e. The summed E-state index contributed by atoms with van der Waals surface area (Å²) >= 11 is 0. The van der Waals surface area contributed by atoms with Gasteiger partial charge in [0, 0.05) is 12.1 Å². The number of hydrogen-bond donors (Lipinski definition) is 3. The molecular formula is C12H15FN2O5. The Morgan fingerprint density at radius 3 is 2.50 bits per heavy atom. The van der Waals surface area contributed by atoms with Crippen LogP contribution in [0.3, 0.4) is 0 Å². The quantitative estimate of drug-likeness (QED) is 0.543. The van der Waals surface area contributed by atoms with Gasteiger partial charge < -0.3 is 15.5 Å². The fraction of sp³-hybridized carbons (Fsp3) is 0.417. The molecule has 1 aromatic rings. The highest BCUT2D eigenvalue weighted by molar-refractivity contribution is 5.90. The molecule has 0 radical (unpaired) electrons. The second-order valence-corrected chi connectivity index (χ2v) is 4.59. The lowest BCUT2D eigenvalue weighted by molar-refractivity contribution is -0.384. The van der Waals surface area contributed by atoms with E-state index in [0.29, 0.717) is 6.07 Å². The number of nitro benzene ring substituents is 1. The molecule has 1 aromatic carbocycles. The van der Waals surface area contributed by atoms with E-state index in [1.807, 2.05) is 0 Å². The summed E-state index contributed by atoms with van der Waals surface area (Å²) in [7, 11) is 0. The van der Waals surface area contributed by atoms with Gasteiger partial charge in [0.15, 0.2) is 0 Å². The Kier molecular flexibility index (Phi) is 4.98. The lowest BCUT2D eigenvalue weighted by Crippen LogP contribution is -2.29. The minimum absolute atomic E-state index is 0.0539. The van der Waals surface area contributed by atoms with Gasteiger partial charge in [-0.25, -0.2) is 9.18 Å². The number of nitro groups is 1. The van der Waals surface area contributed by atoms with Crippen LogP contribution in [0, 0.1) is 21.8 Å². The van der Waals surface area contributed by atoms with Gasteiger partial charge >= 0.3 is 5.97 Å². The van der Waals surface area contributed by atoms with Crippen molar-refractivity contribution in [2.24, 2.45) is 5.92 Å². The summed E-state index contributed by atoms with van der Waals surface area (Å²) in [5.74, 6) is -2.72. The molecule has 0 aliphatic rings. The number of anilines is 1. The SMILES string of the molecule is CC(C)[C@@H](CO)Nc1cc(F)c(C(=O)O)cc1[N+](=O)[O-]. The van der Waals surface area contributed by atoms with Gasteiger partial charge in [-0.3, -0.25) is 10.1 Å². The third kappa shape index (κ3) is 3.41. The lowest BCUT2D eigenvalue weighted by atomic mass is 10.0. The Morgan fingerprint density at radius 2 is 2.10 bits per heavy atom. The van der Waals surface area contributed by atoms with Crippen LogP contribution >= 0.6 is 0 Å². The molecule has 1 atom stereocenters. The Labute approximate surface area is 114 Å². The van der Waals surface area contributed by atoms with Gasteiger partial charge in [-0.2, -0.15) is 0 Å². The topological polar surface area (TPSA) is 113 Å². The molecule has 0 heterocycles. The zero-order valence-corrected chi connectivity index (χ0v) is 11.0. The van der Waals surface area contributed by atoms with Gasteiger partial charge in [-0.1, -0.05) is 13.8 Å². The molecule has 0 spiro atoms. The van der Waals surface area contributed by atoms with E-state index in [-0.39, 0.29) is 18.2 Å². The van der Waals surface area contributed by atoms with E-state index in [4.69, 9.17) is 5.11 Å². The van der Waals surface area contributed by atoms with Gasteiger partial charge in [0.1, 0.15) is 17.1 Å². The Morgan fingerprint density at radius 1 is 1.50 bits per heavy atom. The predicted molar refractivity (Wildman–Crippen MR) is 69.3 cm³/mol. The summed E-state index contributed by atoms with van der Waals surface area (Å²) in [4.78, 5) is 20.9. The molecule has 0 unspecified atom stereocenters. The number of benzene rings is 1. The third-order valence-electron chi connectivity index (χ3n) is 2.85. The van der Waals surface area contributed by atoms with Crippen LogP contribution in [0.15, 0.2) is 12.1 Å². The fourth-order valence-corrected chi connectivity index (χ4v) is 1.62. The van der Waals surface area contributed by atoms with Crippen molar-refractivity contribution in [3.8, 4) is 0 Å². The van der Waals surface area contributed by atoms with Gasteiger partial charge in [0.2, 0.25) is 0 Å². The van der Waals surface area contributed by atoms with Crippen LogP contribution in [-0.2, 0) is 0 Å². The van der Waals surface area contributed by atoms with E-state index in [9.17, 15) is 24.4 Å². The van der Waals surface area contributed by atoms with Crippen molar-refractivity contribution < 1.29 is 24.3 Å². The number of aliphatic hydroxyl groups excluding tert-OH is 1. The van der Waals surface area contributed by atoms with Crippen LogP contribution < -0.4 is 5.32 Å². The van der Waals surface area contributed by atoms with Crippen molar-refractivity contribution in [3.63, 3.8) is 0 Å². The van der Waals surface area contributed by atoms with Gasteiger partial charge in [-0.15, -0.1) is 0 Å². The van der Waals surface area contributed by atoms with E-state index >= 15 is 0 Å². The summed E-state index contributed by atoms with van der Waals surface area (Å²) in [5, 5.41) is 31.5. The van der Waals surface area contributed by atoms with E-state index in [2.05, 4.69) is 5.32 Å². The normalized spacial score (nSPS) is 12.2. The molecule has 0 bridgehead atoms. The van der Waals surface area contributed by atoms with Gasteiger partial charge in [0.05, 0.1) is 17.6 Å². The van der Waals surface area contributed by atoms with Crippen molar-refractivity contribution in [2.75, 3.05) is 11.9 Å². The highest BCUT2D eigenvalue weighted by Crippen LogP contribution is 2.29. The summed E-state index contributed by atoms with van der Waals surface area (Å²) in [5.41, 5.74) is -1.49. The molecule has 110 valence electrons. The number of rotatable bonds is 6. The molecule has 8 heteroatoms. The van der Waals surface area contributed by atoms with Crippen LogP contribution in [0.5, 0.6) is 0 Å². The summed E-state index contributed by atoms with van der Waals surface area (Å²) in [6.45, 7) is 3.26. The number of nitrogens with one attached hydrogen (secondary N) is 1. The average molecular weight is 286 g/mol. The number of hydrogen-bond acceptors (Lipinski definition) is 5. The molecular weight excluding hydrogens is 271 g/mol. The number of aliphatic hydroxyl groups is 1. The highest BCUT2D eigenvalue weighted by Gasteiger charge is 2.24. The zero-order valence-electron chi connectivity index (χ0n) is 11.0. The van der Waals surface area contributed by atoms with E-state index in [1.165, 1.54) is 0 Å². The van der Waals surface area contributed by atoms with Crippen LogP contribution in [0.1, 0.15) is 24.2 Å². The number of carboxylic acid groups (broad SMARTS) is 1. The van der Waals surface area contributed by atoms with Crippen LogP contribution in [-0.4, -0.2) is 33.8 Å². The van der Waals surface area contributed by atoms with Gasteiger partial charge in [0.25, 0.3) is 5.69 Å². The first-order chi connectivity index (χ1) is 9.27. The summed E-state index contributed by atoms with van der Waals surface area (Å²) in [6, 6.07) is 0.908. The first-order valence-corrected chi connectivity index (χ1v) is 5.86. The number of carbonyl (C=O) groups is 1. The Hall–Kier alpha value is -2.22. The standard InChI is InChI=1S/C12H15FN2O5/c1-6(2)10(5-16)14-9-4-8(13)7(12(17)18)3-11(9)15(19)20/h3-4,6,10,14,16H,5H2,1-2H3,(H,17,18)/t10-/m1/s1. The zero-order chi connectivity index (χ0) is 15.4. The maximum atomic E-state index is 13.6. The average Bonchev–Trinajstić information content (AvgIpc) is 2.34. The maximum absolute atomic E-state index is 13.6. The molecule has 20 heavy (non-hydrogen) atoms. The Bertz CT molecular complexity index is 533. The van der Waals surface area contributed by atoms with Crippen LogP contribution in [0.25, 0.3) is 0 Å². The molecule has 0 fully saturated rings. The predicted octanol–water partition coefficient (Wildman–Crippen LogP) is 1.86. The van der Waals surface area contributed by atoms with Crippen molar-refractivity contribution in [1.29, 1.82) is 0 Å². The molecule has 0 saturated carbocycles. The number of aromatic carboxylic acids is 1. The second kappa shape index (κ2) is 6.29. The van der Waals surface area contributed by atoms with Crippen molar-refractivity contribution in [3.05, 3.63) is 33.6 Å². The largest absolute Gasteiger partial charge is 0.478 e. The van der Waals surface area contributed by atoms with Crippen molar-refractivity contribution in [1.82, 2.24) is 0 Å². The van der Waals surface area contributed by atoms with Crippen LogP contribution in [0.4, 0.5) is 15.8 Å². The molecule has 3 N–H and O–H groups in total. The second-order valence-electron chi connectivity index (χ2n) is 4.59. The van der Waals surface area contributed by atoms with Crippen LogP contribution in [0.2, 0.25) is 0 Å². The molecule has 0 aromatic heterocycles. The summed E-state index contributed by atoms with van der Waals surface area (Å²) < 4.78 is 13.6. The van der Waals surface area contributed by atoms with Gasteiger partial charge in [-0.05, 0) is 5.92 Å². The third-order valence-corrected chi connectivity index (χ3v) is 2.85. The monoisotopic (exact) mass is 286 g/mol. The fourth-order valence-electron chi connectivity index (χ4n) is 1.62. The van der Waals surface area contributed by atoms with Crippen molar-refractivity contribution >= 4 is 17.3 Å². The lowest BCUT2D eigenvalue weighted by Gasteiger charge is -2.21. The summed E-state index contributed by atoms with van der Waals surface area (Å²) in [6.07, 6.45) is 0. The van der Waals surface area contributed by atoms with E-state index < -0.39 is 34.0 Å². The number of nitrogens with zero attached hydrogens (tertiary/aromatic N) is 1. The highest BCUT2D eigenvalue weighted by atomic mass is 19.1. The molecule has 7 nitrogen and oxygen atoms in total. The first kappa shape index (κ1) is 15.8. The molecule has 0 aliphatic carbocycles. The molecule has 1 rings (SSSR count). The first-order valence-electron chi connectivity index (χ1n) is 5.86. The molecule has 0 saturated heterocycles. The van der Waals surface area contributed by atoms with Crippen molar-refractivity contribution in [2.45, 2.75) is 19.9 Å². The smallest absolute Gasteiger partial charge is 0.338 e. The van der Waals surface area contributed by atoms with E-state index in [0.717, 1.165) is 6.07 Å². The minimum Gasteiger partial charge on any atom is -0.478 e. The number of carboxylic acids is 1. The molecule has 0 aliphatic heterocycles. The Balaban J connectivity index is 3.28. The van der Waals surface area contributed by atoms with E-state index in [1.54, 1.807) is 13.8 Å². The number of halogens is 1. The minimum atomic E-state index is -1.58. The molecule has 0 amide bonds.